The summed E-state index contributed by atoms with van der Waals surface area (Å²) in [5.41, 5.74) is 0.0697. The van der Waals surface area contributed by atoms with Crippen molar-refractivity contribution in [1.29, 1.82) is 0 Å². The van der Waals surface area contributed by atoms with Crippen molar-refractivity contribution in [3.05, 3.63) is 0 Å². The van der Waals surface area contributed by atoms with E-state index in [-0.39, 0.29) is 11.6 Å². The Hall–Kier alpha value is -0.160. The van der Waals surface area contributed by atoms with Crippen molar-refractivity contribution in [2.45, 2.75) is 45.3 Å². The van der Waals surface area contributed by atoms with Crippen LogP contribution in [0.4, 0.5) is 0 Å². The van der Waals surface area contributed by atoms with E-state index in [2.05, 4.69) is 38.0 Å². The van der Waals surface area contributed by atoms with Gasteiger partial charge >= 0.3 is 0 Å². The molecular weight excluding hydrogens is 228 g/mol. The third-order valence-electron chi connectivity index (χ3n) is 3.30. The number of aliphatic hydroxyl groups is 1. The molecule has 1 saturated heterocycles. The number of rotatable bonds is 6. The molecule has 4 nitrogen and oxygen atoms in total. The highest BCUT2D eigenvalue weighted by molar-refractivity contribution is 4.75. The Morgan fingerprint density at radius 3 is 2.50 bits per heavy atom. The summed E-state index contributed by atoms with van der Waals surface area (Å²) in [5, 5.41) is 13.3. The molecule has 0 aliphatic carbocycles. The molecule has 0 spiro atoms. The fourth-order valence-corrected chi connectivity index (χ4v) is 2.29. The van der Waals surface area contributed by atoms with Crippen molar-refractivity contribution in [3.8, 4) is 0 Å². The Bertz CT molecular complexity index is 222. The van der Waals surface area contributed by atoms with E-state index in [1.807, 2.05) is 0 Å². The minimum Gasteiger partial charge on any atom is -0.390 e. The second-order valence-corrected chi connectivity index (χ2v) is 6.56. The zero-order chi connectivity index (χ0) is 13.6. The van der Waals surface area contributed by atoms with Crippen molar-refractivity contribution in [2.75, 3.05) is 39.9 Å². The van der Waals surface area contributed by atoms with Gasteiger partial charge in [-0.15, -0.1) is 0 Å². The lowest BCUT2D eigenvalue weighted by molar-refractivity contribution is 0.0473. The van der Waals surface area contributed by atoms with Crippen LogP contribution in [0.3, 0.4) is 0 Å². The van der Waals surface area contributed by atoms with Crippen molar-refractivity contribution in [1.82, 2.24) is 10.2 Å². The predicted molar refractivity (Wildman–Crippen MR) is 74.8 cm³/mol. The maximum atomic E-state index is 9.98. The number of nitrogens with zero attached hydrogens (tertiary/aromatic N) is 1. The average molecular weight is 258 g/mol. The van der Waals surface area contributed by atoms with Gasteiger partial charge in [0, 0.05) is 38.4 Å². The highest BCUT2D eigenvalue weighted by Gasteiger charge is 2.18. The zero-order valence-electron chi connectivity index (χ0n) is 12.4. The Morgan fingerprint density at radius 2 is 1.94 bits per heavy atom. The molecule has 0 radical (unpaired) electrons. The van der Waals surface area contributed by atoms with E-state index in [4.69, 9.17) is 4.74 Å². The molecular formula is C14H30N2O2. The number of aliphatic hydroxyl groups excluding tert-OH is 1. The molecule has 1 aliphatic rings. The zero-order valence-corrected chi connectivity index (χ0v) is 12.4. The summed E-state index contributed by atoms with van der Waals surface area (Å²) in [6.07, 6.45) is 2.01. The number of β-amino-alcohol motifs (C(OH)–C–C–N with tert-alkyl or cyclic N) is 1. The van der Waals surface area contributed by atoms with E-state index < -0.39 is 0 Å². The van der Waals surface area contributed by atoms with Crippen molar-refractivity contribution in [2.24, 2.45) is 5.92 Å². The van der Waals surface area contributed by atoms with Gasteiger partial charge in [-0.05, 0) is 46.6 Å². The molecule has 1 rings (SSSR count). The molecule has 18 heavy (non-hydrogen) atoms. The van der Waals surface area contributed by atoms with Crippen LogP contribution in [-0.2, 0) is 4.74 Å². The molecule has 2 N–H and O–H groups in total. The van der Waals surface area contributed by atoms with Gasteiger partial charge in [0.25, 0.3) is 0 Å². The summed E-state index contributed by atoms with van der Waals surface area (Å²) in [7, 11) is 2.09. The van der Waals surface area contributed by atoms with Gasteiger partial charge in [-0.3, -0.25) is 0 Å². The van der Waals surface area contributed by atoms with Crippen LogP contribution < -0.4 is 5.32 Å². The number of likely N-dealkylation sites (N-methyl/N-ethyl adjacent to an activating group) is 1. The van der Waals surface area contributed by atoms with Gasteiger partial charge in [-0.2, -0.15) is 0 Å². The molecule has 1 fully saturated rings. The second kappa shape index (κ2) is 7.43. The predicted octanol–water partition coefficient (Wildman–Crippen LogP) is 1.09. The first kappa shape index (κ1) is 15.9. The Kier molecular flexibility index (Phi) is 6.57. The highest BCUT2D eigenvalue weighted by Crippen LogP contribution is 2.15. The van der Waals surface area contributed by atoms with Gasteiger partial charge in [0.2, 0.25) is 0 Å². The van der Waals surface area contributed by atoms with Crippen LogP contribution in [0.25, 0.3) is 0 Å². The fraction of sp³-hybridized carbons (Fsp3) is 1.00. The molecule has 1 atom stereocenters. The molecule has 0 amide bonds. The molecule has 0 aromatic carbocycles. The SMILES string of the molecule is CN(CC(O)CNC(C)(C)C)CC1CCOCC1. The van der Waals surface area contributed by atoms with Crippen molar-refractivity contribution < 1.29 is 9.84 Å². The van der Waals surface area contributed by atoms with Gasteiger partial charge < -0.3 is 20.1 Å². The lowest BCUT2D eigenvalue weighted by Crippen LogP contribution is -2.45. The van der Waals surface area contributed by atoms with Crippen LogP contribution in [0.2, 0.25) is 0 Å². The summed E-state index contributed by atoms with van der Waals surface area (Å²) in [6, 6.07) is 0. The Balaban J connectivity index is 2.16. The summed E-state index contributed by atoms with van der Waals surface area (Å²) in [5.74, 6) is 0.728. The van der Waals surface area contributed by atoms with Gasteiger partial charge in [0.05, 0.1) is 6.10 Å². The Labute approximate surface area is 112 Å². The maximum absolute atomic E-state index is 9.98. The molecule has 4 heteroatoms. The van der Waals surface area contributed by atoms with Gasteiger partial charge in [0.15, 0.2) is 0 Å². The molecule has 108 valence electrons. The lowest BCUT2D eigenvalue weighted by Gasteiger charge is -2.29. The maximum Gasteiger partial charge on any atom is 0.0791 e. The van der Waals surface area contributed by atoms with Crippen molar-refractivity contribution in [3.63, 3.8) is 0 Å². The monoisotopic (exact) mass is 258 g/mol. The standard InChI is InChI=1S/C14H30N2O2/c1-14(2,3)15-9-13(17)11-16(4)10-12-5-7-18-8-6-12/h12-13,15,17H,5-11H2,1-4H3. The van der Waals surface area contributed by atoms with E-state index in [1.165, 1.54) is 0 Å². The summed E-state index contributed by atoms with van der Waals surface area (Å²) in [6.45, 7) is 10.6. The fourth-order valence-electron chi connectivity index (χ4n) is 2.29. The van der Waals surface area contributed by atoms with Gasteiger partial charge in [-0.25, -0.2) is 0 Å². The van der Waals surface area contributed by atoms with Crippen LogP contribution in [-0.4, -0.2) is 61.5 Å². The molecule has 1 aliphatic heterocycles. The topological polar surface area (TPSA) is 44.7 Å². The molecule has 1 heterocycles. The average Bonchev–Trinajstić information content (AvgIpc) is 2.26. The Morgan fingerprint density at radius 1 is 1.33 bits per heavy atom. The lowest BCUT2D eigenvalue weighted by atomic mass is 10.00. The summed E-state index contributed by atoms with van der Waals surface area (Å²) in [4.78, 5) is 2.24. The molecule has 0 saturated carbocycles. The van der Waals surface area contributed by atoms with Gasteiger partial charge in [-0.1, -0.05) is 0 Å². The van der Waals surface area contributed by atoms with Gasteiger partial charge in [0.1, 0.15) is 0 Å². The largest absolute Gasteiger partial charge is 0.390 e. The third-order valence-corrected chi connectivity index (χ3v) is 3.30. The third kappa shape index (κ3) is 7.31. The second-order valence-electron chi connectivity index (χ2n) is 6.56. The van der Waals surface area contributed by atoms with E-state index in [9.17, 15) is 5.11 Å². The summed E-state index contributed by atoms with van der Waals surface area (Å²) >= 11 is 0. The van der Waals surface area contributed by atoms with Crippen molar-refractivity contribution >= 4 is 0 Å². The van der Waals surface area contributed by atoms with E-state index >= 15 is 0 Å². The smallest absolute Gasteiger partial charge is 0.0791 e. The van der Waals surface area contributed by atoms with Crippen LogP contribution in [0, 0.1) is 5.92 Å². The van der Waals surface area contributed by atoms with Crippen LogP contribution >= 0.6 is 0 Å². The van der Waals surface area contributed by atoms with E-state index in [0.29, 0.717) is 6.54 Å². The first-order chi connectivity index (χ1) is 8.37. The van der Waals surface area contributed by atoms with Crippen LogP contribution in [0.15, 0.2) is 0 Å². The first-order valence-electron chi connectivity index (χ1n) is 7.06. The highest BCUT2D eigenvalue weighted by atomic mass is 16.5. The molecule has 0 bridgehead atoms. The number of hydrogen-bond donors (Lipinski definition) is 2. The van der Waals surface area contributed by atoms with E-state index in [1.54, 1.807) is 0 Å². The van der Waals surface area contributed by atoms with Crippen LogP contribution in [0.1, 0.15) is 33.6 Å². The normalized spacial score (nSPS) is 20.3. The molecule has 1 unspecified atom stereocenters. The minimum absolute atomic E-state index is 0.0697. The molecule has 0 aromatic heterocycles. The number of ether oxygens (including phenoxy) is 1. The number of hydrogen-bond acceptors (Lipinski definition) is 4. The minimum atomic E-state index is -0.297. The first-order valence-corrected chi connectivity index (χ1v) is 7.06. The molecule has 0 aromatic rings. The van der Waals surface area contributed by atoms with Crippen LogP contribution in [0.5, 0.6) is 0 Å². The van der Waals surface area contributed by atoms with E-state index in [0.717, 1.165) is 45.1 Å². The summed E-state index contributed by atoms with van der Waals surface area (Å²) < 4.78 is 5.36. The quantitative estimate of drug-likeness (QED) is 0.749. The number of nitrogens with one attached hydrogen (secondary N) is 1.